The minimum atomic E-state index is -3.80. The highest BCUT2D eigenvalue weighted by Gasteiger charge is 2.19. The van der Waals surface area contributed by atoms with Crippen LogP contribution in [0.4, 0.5) is 10.1 Å². The molecule has 0 saturated heterocycles. The molecule has 21 heavy (non-hydrogen) atoms. The summed E-state index contributed by atoms with van der Waals surface area (Å²) < 4.78 is 37.5. The average molecular weight is 372 g/mol. The standard InChI is InChI=1S/C14H11BrFNO3S/c15-12-3-1-2-4-13(12)17-14(18)9-21(19,20)11-7-5-10(16)6-8-11/h1-8H,9H2,(H,17,18). The van der Waals surface area contributed by atoms with Gasteiger partial charge in [0.05, 0.1) is 10.6 Å². The molecule has 1 N–H and O–H groups in total. The Kier molecular flexibility index (Phi) is 4.74. The van der Waals surface area contributed by atoms with Crippen molar-refractivity contribution in [2.45, 2.75) is 4.90 Å². The summed E-state index contributed by atoms with van der Waals surface area (Å²) in [4.78, 5) is 11.7. The molecule has 1 amide bonds. The largest absolute Gasteiger partial charge is 0.324 e. The van der Waals surface area contributed by atoms with Crippen LogP contribution in [0, 0.1) is 5.82 Å². The third kappa shape index (κ3) is 4.12. The Morgan fingerprint density at radius 3 is 2.33 bits per heavy atom. The van der Waals surface area contributed by atoms with Gasteiger partial charge in [-0.05, 0) is 52.3 Å². The van der Waals surface area contributed by atoms with E-state index >= 15 is 0 Å². The maximum Gasteiger partial charge on any atom is 0.239 e. The number of hydrogen-bond donors (Lipinski definition) is 1. The van der Waals surface area contributed by atoms with E-state index in [4.69, 9.17) is 0 Å². The van der Waals surface area contributed by atoms with E-state index in [-0.39, 0.29) is 4.90 Å². The average Bonchev–Trinajstić information content (AvgIpc) is 2.41. The molecule has 110 valence electrons. The number of anilines is 1. The molecular weight excluding hydrogens is 361 g/mol. The summed E-state index contributed by atoms with van der Waals surface area (Å²) in [6.45, 7) is 0. The highest BCUT2D eigenvalue weighted by Crippen LogP contribution is 2.21. The summed E-state index contributed by atoms with van der Waals surface area (Å²) in [5.41, 5.74) is 0.483. The Bertz CT molecular complexity index is 760. The Morgan fingerprint density at radius 1 is 1.10 bits per heavy atom. The summed E-state index contributed by atoms with van der Waals surface area (Å²) in [5, 5.41) is 2.51. The summed E-state index contributed by atoms with van der Waals surface area (Å²) in [5.74, 6) is -1.90. The van der Waals surface area contributed by atoms with Crippen LogP contribution >= 0.6 is 15.9 Å². The van der Waals surface area contributed by atoms with E-state index in [1.165, 1.54) is 0 Å². The van der Waals surface area contributed by atoms with Gasteiger partial charge in [0, 0.05) is 4.47 Å². The fourth-order valence-electron chi connectivity index (χ4n) is 1.65. The molecule has 4 nitrogen and oxygen atoms in total. The van der Waals surface area contributed by atoms with Gasteiger partial charge in [0.1, 0.15) is 11.6 Å². The van der Waals surface area contributed by atoms with Crippen molar-refractivity contribution in [3.8, 4) is 0 Å². The molecule has 0 aliphatic carbocycles. The van der Waals surface area contributed by atoms with Crippen LogP contribution in [0.3, 0.4) is 0 Å². The fraction of sp³-hybridized carbons (Fsp3) is 0.0714. The molecule has 0 aliphatic rings. The number of para-hydroxylation sites is 1. The van der Waals surface area contributed by atoms with Crippen molar-refractivity contribution < 1.29 is 17.6 Å². The second-order valence-corrected chi connectivity index (χ2v) is 7.08. The van der Waals surface area contributed by atoms with Gasteiger partial charge in [-0.2, -0.15) is 0 Å². The van der Waals surface area contributed by atoms with Crippen LogP contribution in [0.5, 0.6) is 0 Å². The Morgan fingerprint density at radius 2 is 1.71 bits per heavy atom. The molecule has 2 rings (SSSR count). The number of sulfone groups is 1. The van der Waals surface area contributed by atoms with Crippen LogP contribution in [0.1, 0.15) is 0 Å². The van der Waals surface area contributed by atoms with Crippen molar-refractivity contribution in [1.29, 1.82) is 0 Å². The number of rotatable bonds is 4. The van der Waals surface area contributed by atoms with E-state index in [0.717, 1.165) is 24.3 Å². The lowest BCUT2D eigenvalue weighted by molar-refractivity contribution is -0.113. The van der Waals surface area contributed by atoms with Crippen molar-refractivity contribution in [3.63, 3.8) is 0 Å². The number of benzene rings is 2. The van der Waals surface area contributed by atoms with Gasteiger partial charge in [-0.1, -0.05) is 12.1 Å². The lowest BCUT2D eigenvalue weighted by Crippen LogP contribution is -2.23. The smallest absolute Gasteiger partial charge is 0.239 e. The molecule has 0 bridgehead atoms. The third-order valence-electron chi connectivity index (χ3n) is 2.64. The maximum atomic E-state index is 12.8. The van der Waals surface area contributed by atoms with Gasteiger partial charge in [-0.15, -0.1) is 0 Å². The quantitative estimate of drug-likeness (QED) is 0.840. The zero-order valence-electron chi connectivity index (χ0n) is 10.7. The van der Waals surface area contributed by atoms with Crippen LogP contribution < -0.4 is 5.32 Å². The van der Waals surface area contributed by atoms with Crippen molar-refractivity contribution in [1.82, 2.24) is 0 Å². The molecule has 7 heteroatoms. The molecule has 0 fully saturated rings. The number of hydrogen-bond acceptors (Lipinski definition) is 3. The maximum absolute atomic E-state index is 12.8. The van der Waals surface area contributed by atoms with Gasteiger partial charge in [0.15, 0.2) is 9.84 Å². The van der Waals surface area contributed by atoms with E-state index in [0.29, 0.717) is 10.2 Å². The summed E-state index contributed by atoms with van der Waals surface area (Å²) >= 11 is 3.25. The minimum Gasteiger partial charge on any atom is -0.324 e. The second kappa shape index (κ2) is 6.36. The molecule has 0 saturated carbocycles. The topological polar surface area (TPSA) is 63.2 Å². The SMILES string of the molecule is O=C(CS(=O)(=O)c1ccc(F)cc1)Nc1ccccc1Br. The van der Waals surface area contributed by atoms with Crippen LogP contribution in [0.2, 0.25) is 0 Å². The zero-order valence-corrected chi connectivity index (χ0v) is 13.1. The Labute approximate surface area is 130 Å². The first-order valence-corrected chi connectivity index (χ1v) is 8.36. The van der Waals surface area contributed by atoms with Crippen LogP contribution in [0.15, 0.2) is 57.9 Å². The second-order valence-electron chi connectivity index (χ2n) is 4.24. The highest BCUT2D eigenvalue weighted by atomic mass is 79.9. The van der Waals surface area contributed by atoms with Crippen molar-refractivity contribution in [2.24, 2.45) is 0 Å². The Balaban J connectivity index is 2.12. The first-order chi connectivity index (χ1) is 9.88. The molecule has 2 aromatic carbocycles. The molecule has 0 unspecified atom stereocenters. The third-order valence-corrected chi connectivity index (χ3v) is 4.97. The normalized spacial score (nSPS) is 11.1. The summed E-state index contributed by atoms with van der Waals surface area (Å²) in [7, 11) is -3.80. The predicted molar refractivity (Wildman–Crippen MR) is 81.2 cm³/mol. The lowest BCUT2D eigenvalue weighted by Gasteiger charge is -2.08. The number of carbonyl (C=O) groups excluding carboxylic acids is 1. The van der Waals surface area contributed by atoms with Gasteiger partial charge >= 0.3 is 0 Å². The molecule has 0 spiro atoms. The van der Waals surface area contributed by atoms with Crippen molar-refractivity contribution >= 4 is 37.4 Å². The predicted octanol–water partition coefficient (Wildman–Crippen LogP) is 3.00. The number of amides is 1. The van der Waals surface area contributed by atoms with Gasteiger partial charge in [0.2, 0.25) is 5.91 Å². The molecule has 0 aromatic heterocycles. The molecular formula is C14H11BrFNO3S. The van der Waals surface area contributed by atoms with Crippen molar-refractivity contribution in [2.75, 3.05) is 11.1 Å². The monoisotopic (exact) mass is 371 g/mol. The summed E-state index contributed by atoms with van der Waals surface area (Å²) in [6.07, 6.45) is 0. The van der Waals surface area contributed by atoms with Crippen LogP contribution in [0.25, 0.3) is 0 Å². The highest BCUT2D eigenvalue weighted by molar-refractivity contribution is 9.10. The van der Waals surface area contributed by atoms with E-state index in [1.807, 2.05) is 0 Å². The van der Waals surface area contributed by atoms with Crippen LogP contribution in [-0.2, 0) is 14.6 Å². The minimum absolute atomic E-state index is 0.0915. The van der Waals surface area contributed by atoms with Crippen LogP contribution in [-0.4, -0.2) is 20.1 Å². The van der Waals surface area contributed by atoms with Gasteiger partial charge in [-0.3, -0.25) is 4.79 Å². The molecule has 0 radical (unpaired) electrons. The van der Waals surface area contributed by atoms with Gasteiger partial charge in [0.25, 0.3) is 0 Å². The first-order valence-electron chi connectivity index (χ1n) is 5.91. The van der Waals surface area contributed by atoms with E-state index < -0.39 is 27.3 Å². The fourth-order valence-corrected chi connectivity index (χ4v) is 3.17. The van der Waals surface area contributed by atoms with Gasteiger partial charge < -0.3 is 5.32 Å². The molecule has 0 atom stereocenters. The number of nitrogens with one attached hydrogen (secondary N) is 1. The summed E-state index contributed by atoms with van der Waals surface area (Å²) in [6, 6.07) is 11.2. The number of halogens is 2. The first kappa shape index (κ1) is 15.7. The molecule has 0 aliphatic heterocycles. The van der Waals surface area contributed by atoms with E-state index in [1.54, 1.807) is 24.3 Å². The zero-order chi connectivity index (χ0) is 15.5. The molecule has 2 aromatic rings. The Hall–Kier alpha value is -1.73. The lowest BCUT2D eigenvalue weighted by atomic mass is 10.3. The molecule has 0 heterocycles. The van der Waals surface area contributed by atoms with Crippen molar-refractivity contribution in [3.05, 3.63) is 58.8 Å². The van der Waals surface area contributed by atoms with Gasteiger partial charge in [-0.25, -0.2) is 12.8 Å². The van der Waals surface area contributed by atoms with E-state index in [9.17, 15) is 17.6 Å². The number of carbonyl (C=O) groups is 1. The van der Waals surface area contributed by atoms with E-state index in [2.05, 4.69) is 21.2 Å².